The summed E-state index contributed by atoms with van der Waals surface area (Å²) in [5.41, 5.74) is 3.22. The zero-order valence-electron chi connectivity index (χ0n) is 16.9. The summed E-state index contributed by atoms with van der Waals surface area (Å²) in [5, 5.41) is 3.01. The number of hydrogen-bond acceptors (Lipinski definition) is 7. The Bertz CT molecular complexity index is 949. The van der Waals surface area contributed by atoms with Gasteiger partial charge in [0.1, 0.15) is 5.82 Å². The predicted molar refractivity (Wildman–Crippen MR) is 110 cm³/mol. The second-order valence-electron chi connectivity index (χ2n) is 7.65. The number of nitrogens with zero attached hydrogens (tertiary/aromatic N) is 5. The van der Waals surface area contributed by atoms with Crippen LogP contribution in [0, 0.1) is 19.8 Å². The molecule has 1 aliphatic heterocycles. The maximum atomic E-state index is 12.4. The largest absolute Gasteiger partial charge is 0.422 e. The van der Waals surface area contributed by atoms with Crippen molar-refractivity contribution in [1.82, 2.24) is 25.3 Å². The molecule has 1 unspecified atom stereocenters. The van der Waals surface area contributed by atoms with Crippen LogP contribution >= 0.6 is 0 Å². The SMILES string of the molecule is Cc1cc(C)nc(CCNC(=O)CC2CCCN(c3nc4ncccc4o3)C2)n1. The second kappa shape index (κ2) is 8.55. The van der Waals surface area contributed by atoms with Crippen molar-refractivity contribution >= 4 is 23.2 Å². The number of fused-ring (bicyclic) bond motifs is 1. The fourth-order valence-corrected chi connectivity index (χ4v) is 3.86. The lowest BCUT2D eigenvalue weighted by atomic mass is 9.94. The third-order valence-electron chi connectivity index (χ3n) is 5.12. The third kappa shape index (κ3) is 4.88. The van der Waals surface area contributed by atoms with Gasteiger partial charge in [-0.1, -0.05) is 0 Å². The molecule has 0 saturated carbocycles. The molecule has 8 heteroatoms. The molecule has 1 N–H and O–H groups in total. The Morgan fingerprint density at radius 1 is 1.28 bits per heavy atom. The first kappa shape index (κ1) is 19.3. The van der Waals surface area contributed by atoms with E-state index >= 15 is 0 Å². The Morgan fingerprint density at radius 3 is 2.90 bits per heavy atom. The van der Waals surface area contributed by atoms with Gasteiger partial charge in [0.2, 0.25) is 11.6 Å². The van der Waals surface area contributed by atoms with Crippen LogP contribution in [0.5, 0.6) is 0 Å². The summed E-state index contributed by atoms with van der Waals surface area (Å²) >= 11 is 0. The molecule has 8 nitrogen and oxygen atoms in total. The molecule has 3 aromatic heterocycles. The van der Waals surface area contributed by atoms with Crippen LogP contribution in [-0.4, -0.2) is 45.5 Å². The van der Waals surface area contributed by atoms with E-state index in [4.69, 9.17) is 4.42 Å². The lowest BCUT2D eigenvalue weighted by Gasteiger charge is -2.31. The molecule has 4 rings (SSSR count). The molecule has 3 aromatic rings. The molecule has 1 atom stereocenters. The summed E-state index contributed by atoms with van der Waals surface area (Å²) in [6.07, 6.45) is 4.90. The number of hydrogen-bond donors (Lipinski definition) is 1. The van der Waals surface area contributed by atoms with Gasteiger partial charge in [-0.25, -0.2) is 15.0 Å². The molecule has 152 valence electrons. The molecule has 4 heterocycles. The maximum absolute atomic E-state index is 12.4. The number of nitrogens with one attached hydrogen (secondary N) is 1. The van der Waals surface area contributed by atoms with Crippen LogP contribution in [0.25, 0.3) is 11.2 Å². The monoisotopic (exact) mass is 394 g/mol. The van der Waals surface area contributed by atoms with Crippen LogP contribution in [0.1, 0.15) is 36.5 Å². The van der Waals surface area contributed by atoms with Crippen molar-refractivity contribution in [3.8, 4) is 0 Å². The van der Waals surface area contributed by atoms with E-state index in [2.05, 4.69) is 30.2 Å². The van der Waals surface area contributed by atoms with Crippen LogP contribution in [0.4, 0.5) is 6.01 Å². The summed E-state index contributed by atoms with van der Waals surface area (Å²) in [4.78, 5) is 32.1. The van der Waals surface area contributed by atoms with Crippen LogP contribution in [0.3, 0.4) is 0 Å². The molecule has 0 aromatic carbocycles. The van der Waals surface area contributed by atoms with Crippen LogP contribution in [-0.2, 0) is 11.2 Å². The highest BCUT2D eigenvalue weighted by Crippen LogP contribution is 2.26. The smallest absolute Gasteiger partial charge is 0.299 e. The van der Waals surface area contributed by atoms with Gasteiger partial charge >= 0.3 is 0 Å². The number of amides is 1. The van der Waals surface area contributed by atoms with Crippen molar-refractivity contribution in [2.75, 3.05) is 24.5 Å². The normalized spacial score (nSPS) is 16.9. The van der Waals surface area contributed by atoms with Gasteiger partial charge in [0.05, 0.1) is 0 Å². The van der Waals surface area contributed by atoms with E-state index in [0.717, 1.165) is 43.1 Å². The molecular weight excluding hydrogens is 368 g/mol. The maximum Gasteiger partial charge on any atom is 0.299 e. The van der Waals surface area contributed by atoms with Crippen LogP contribution in [0.15, 0.2) is 28.8 Å². The first-order valence-corrected chi connectivity index (χ1v) is 10.1. The summed E-state index contributed by atoms with van der Waals surface area (Å²) in [5.74, 6) is 1.13. The lowest BCUT2D eigenvalue weighted by molar-refractivity contribution is -0.122. The molecule has 1 aliphatic rings. The highest BCUT2D eigenvalue weighted by molar-refractivity contribution is 5.76. The van der Waals surface area contributed by atoms with E-state index in [9.17, 15) is 4.79 Å². The van der Waals surface area contributed by atoms with Gasteiger partial charge in [-0.2, -0.15) is 4.98 Å². The second-order valence-corrected chi connectivity index (χ2v) is 7.65. The van der Waals surface area contributed by atoms with Gasteiger partial charge in [0, 0.05) is 50.1 Å². The molecule has 1 fully saturated rings. The van der Waals surface area contributed by atoms with Crippen LogP contribution < -0.4 is 10.2 Å². The number of rotatable bonds is 6. The Morgan fingerprint density at radius 2 is 2.10 bits per heavy atom. The van der Waals surface area contributed by atoms with E-state index in [1.54, 1.807) is 6.20 Å². The molecule has 1 amide bonds. The molecular formula is C21H26N6O2. The van der Waals surface area contributed by atoms with Crippen molar-refractivity contribution in [1.29, 1.82) is 0 Å². The fourth-order valence-electron chi connectivity index (χ4n) is 3.86. The lowest BCUT2D eigenvalue weighted by Crippen LogP contribution is -2.38. The zero-order valence-corrected chi connectivity index (χ0v) is 16.9. The van der Waals surface area contributed by atoms with Crippen molar-refractivity contribution in [3.05, 3.63) is 41.6 Å². The van der Waals surface area contributed by atoms with Gasteiger partial charge in [0.25, 0.3) is 6.01 Å². The number of carbonyl (C=O) groups excluding carboxylic acids is 1. The Kier molecular flexibility index (Phi) is 5.69. The van der Waals surface area contributed by atoms with Crippen molar-refractivity contribution in [3.63, 3.8) is 0 Å². The molecule has 1 saturated heterocycles. The number of aromatic nitrogens is 4. The minimum absolute atomic E-state index is 0.0699. The first-order chi connectivity index (χ1) is 14.1. The first-order valence-electron chi connectivity index (χ1n) is 10.1. The van der Waals surface area contributed by atoms with Crippen molar-refractivity contribution in [2.45, 2.75) is 39.5 Å². The molecule has 0 aliphatic carbocycles. The predicted octanol–water partition coefficient (Wildman–Crippen LogP) is 2.60. The van der Waals surface area contributed by atoms with Gasteiger partial charge in [-0.15, -0.1) is 0 Å². The average molecular weight is 394 g/mol. The number of oxazole rings is 1. The molecule has 29 heavy (non-hydrogen) atoms. The Labute approximate surface area is 169 Å². The standard InChI is InChI=1S/C21H26N6O2/c1-14-11-15(2)25-18(24-14)7-9-22-19(28)12-16-5-4-10-27(13-16)21-26-20-17(29-21)6-3-8-23-20/h3,6,8,11,16H,4-5,7,9-10,12-13H2,1-2H3,(H,22,28). The summed E-state index contributed by atoms with van der Waals surface area (Å²) in [7, 11) is 0. The van der Waals surface area contributed by atoms with Gasteiger partial charge in [-0.3, -0.25) is 4.79 Å². The quantitative estimate of drug-likeness (QED) is 0.686. The molecule has 0 radical (unpaired) electrons. The Balaban J connectivity index is 1.28. The molecule has 0 spiro atoms. The topological polar surface area (TPSA) is 97.0 Å². The number of anilines is 1. The van der Waals surface area contributed by atoms with E-state index in [-0.39, 0.29) is 11.8 Å². The average Bonchev–Trinajstić information content (AvgIpc) is 3.12. The summed E-state index contributed by atoms with van der Waals surface area (Å²) in [6.45, 7) is 6.11. The fraction of sp³-hybridized carbons (Fsp3) is 0.476. The number of aryl methyl sites for hydroxylation is 2. The summed E-state index contributed by atoms with van der Waals surface area (Å²) < 4.78 is 5.83. The molecule has 0 bridgehead atoms. The number of piperidine rings is 1. The highest BCUT2D eigenvalue weighted by Gasteiger charge is 2.25. The number of pyridine rings is 1. The van der Waals surface area contributed by atoms with E-state index in [1.165, 1.54) is 0 Å². The Hall–Kier alpha value is -3.03. The third-order valence-corrected chi connectivity index (χ3v) is 5.12. The van der Waals surface area contributed by atoms with Crippen molar-refractivity contribution < 1.29 is 9.21 Å². The highest BCUT2D eigenvalue weighted by atomic mass is 16.4. The minimum atomic E-state index is 0.0699. The van der Waals surface area contributed by atoms with Crippen molar-refractivity contribution in [2.24, 2.45) is 5.92 Å². The number of carbonyl (C=O) groups is 1. The summed E-state index contributed by atoms with van der Waals surface area (Å²) in [6, 6.07) is 6.25. The van der Waals surface area contributed by atoms with E-state index in [0.29, 0.717) is 36.6 Å². The van der Waals surface area contributed by atoms with Gasteiger partial charge in [0.15, 0.2) is 5.58 Å². The van der Waals surface area contributed by atoms with Crippen LogP contribution in [0.2, 0.25) is 0 Å². The minimum Gasteiger partial charge on any atom is -0.422 e. The van der Waals surface area contributed by atoms with E-state index < -0.39 is 0 Å². The van der Waals surface area contributed by atoms with Gasteiger partial charge < -0.3 is 14.6 Å². The van der Waals surface area contributed by atoms with Gasteiger partial charge in [-0.05, 0) is 50.8 Å². The van der Waals surface area contributed by atoms with E-state index in [1.807, 2.05) is 32.0 Å². The zero-order chi connectivity index (χ0) is 20.2.